The molecule has 0 saturated carbocycles. The van der Waals surface area contributed by atoms with Crippen LogP contribution < -0.4 is 0 Å². The van der Waals surface area contributed by atoms with Crippen molar-refractivity contribution in [2.24, 2.45) is 5.92 Å². The number of unbranched alkanes of at least 4 members (excludes halogenated alkanes) is 44. The number of hydrogen-bond acceptors (Lipinski definition) is 15. The summed E-state index contributed by atoms with van der Waals surface area (Å²) in [6.45, 7) is 7.23. The summed E-state index contributed by atoms with van der Waals surface area (Å²) in [4.78, 5) is 72.5. The maximum atomic E-state index is 13.0. The van der Waals surface area contributed by atoms with E-state index in [-0.39, 0.29) is 25.7 Å². The van der Waals surface area contributed by atoms with Gasteiger partial charge in [0.1, 0.15) is 19.3 Å². The molecule has 0 spiro atoms. The van der Waals surface area contributed by atoms with Crippen LogP contribution in [-0.2, 0) is 65.4 Å². The molecule has 0 aliphatic heterocycles. The van der Waals surface area contributed by atoms with E-state index in [2.05, 4.69) is 34.6 Å². The van der Waals surface area contributed by atoms with Crippen molar-refractivity contribution in [3.8, 4) is 0 Å². The molecule has 0 rings (SSSR count). The number of hydrogen-bond donors (Lipinski definition) is 3. The lowest BCUT2D eigenvalue weighted by atomic mass is 10.0. The van der Waals surface area contributed by atoms with Gasteiger partial charge >= 0.3 is 39.5 Å². The van der Waals surface area contributed by atoms with Crippen molar-refractivity contribution in [3.63, 3.8) is 0 Å². The van der Waals surface area contributed by atoms with E-state index in [1.165, 1.54) is 193 Å². The van der Waals surface area contributed by atoms with E-state index in [0.717, 1.165) is 102 Å². The van der Waals surface area contributed by atoms with Gasteiger partial charge in [0.25, 0.3) is 0 Å². The second-order valence-electron chi connectivity index (χ2n) is 26.5. The first-order valence-corrected chi connectivity index (χ1v) is 40.6. The number of aliphatic hydroxyl groups is 1. The van der Waals surface area contributed by atoms with Gasteiger partial charge in [0.05, 0.1) is 26.4 Å². The lowest BCUT2D eigenvalue weighted by Gasteiger charge is -2.21. The van der Waals surface area contributed by atoms with Gasteiger partial charge < -0.3 is 33.8 Å². The minimum absolute atomic E-state index is 0.107. The molecule has 0 radical (unpaired) electrons. The van der Waals surface area contributed by atoms with Crippen molar-refractivity contribution in [2.45, 2.75) is 393 Å². The molecule has 0 aliphatic carbocycles. The smallest absolute Gasteiger partial charge is 0.462 e. The van der Waals surface area contributed by atoms with Crippen molar-refractivity contribution in [3.05, 3.63) is 0 Å². The summed E-state index contributed by atoms with van der Waals surface area (Å²) in [7, 11) is -9.90. The van der Waals surface area contributed by atoms with E-state index in [0.29, 0.717) is 25.7 Å². The number of ether oxygens (including phenoxy) is 4. The number of carbonyl (C=O) groups excluding carboxylic acids is 4. The van der Waals surface area contributed by atoms with Gasteiger partial charge in [0, 0.05) is 25.7 Å². The number of phosphoric acid groups is 2. The van der Waals surface area contributed by atoms with Crippen molar-refractivity contribution < 1.29 is 80.2 Å². The fraction of sp³-hybridized carbons (Fsp3) is 0.944. The molecule has 5 atom stereocenters. The van der Waals surface area contributed by atoms with Crippen LogP contribution in [0.4, 0.5) is 0 Å². The lowest BCUT2D eigenvalue weighted by Crippen LogP contribution is -2.30. The molecule has 0 bridgehead atoms. The van der Waals surface area contributed by atoms with E-state index in [9.17, 15) is 43.2 Å². The SMILES string of the molecule is CCCCCCCCCCCCCCCCCCCCC(=O)O[C@H](COC(=O)CCCCCCCCCCCCC(C)C)COP(=O)(O)OC[C@@H](O)COP(=O)(O)OC[C@@H](COC(=O)CCCCCCCCCC)OC(=O)CCCCCCCCCCCCCC. The van der Waals surface area contributed by atoms with Gasteiger partial charge in [-0.25, -0.2) is 9.13 Å². The number of carbonyl (C=O) groups is 4. The van der Waals surface area contributed by atoms with E-state index < -0.39 is 97.5 Å². The molecule has 19 heteroatoms. The van der Waals surface area contributed by atoms with Gasteiger partial charge in [-0.15, -0.1) is 0 Å². The van der Waals surface area contributed by atoms with Crippen LogP contribution in [0.3, 0.4) is 0 Å². The summed E-state index contributed by atoms with van der Waals surface area (Å²) in [5, 5.41) is 10.6. The largest absolute Gasteiger partial charge is 0.472 e. The molecule has 540 valence electrons. The molecule has 2 unspecified atom stereocenters. The molecular formula is C72H140O17P2. The van der Waals surface area contributed by atoms with Gasteiger partial charge in [-0.1, -0.05) is 324 Å². The zero-order valence-corrected chi connectivity index (χ0v) is 60.8. The molecule has 17 nitrogen and oxygen atoms in total. The van der Waals surface area contributed by atoms with Crippen molar-refractivity contribution in [2.75, 3.05) is 39.6 Å². The van der Waals surface area contributed by atoms with Crippen LogP contribution in [0.25, 0.3) is 0 Å². The molecule has 0 aromatic heterocycles. The zero-order chi connectivity index (χ0) is 67.0. The zero-order valence-electron chi connectivity index (χ0n) is 59.0. The number of phosphoric ester groups is 2. The molecule has 0 saturated heterocycles. The first kappa shape index (κ1) is 89.1. The Bertz CT molecular complexity index is 1750. The molecule has 3 N–H and O–H groups in total. The summed E-state index contributed by atoms with van der Waals surface area (Å²) in [5.41, 5.74) is 0. The quantitative estimate of drug-likeness (QED) is 0.0222. The first-order valence-electron chi connectivity index (χ1n) is 37.6. The molecule has 0 fully saturated rings. The van der Waals surface area contributed by atoms with Gasteiger partial charge in [-0.3, -0.25) is 37.3 Å². The van der Waals surface area contributed by atoms with Crippen LogP contribution >= 0.6 is 15.6 Å². The minimum Gasteiger partial charge on any atom is -0.462 e. The Balaban J connectivity index is 5.21. The molecule has 91 heavy (non-hydrogen) atoms. The Hall–Kier alpha value is -1.94. The average Bonchev–Trinajstić information content (AvgIpc) is 3.55. The second-order valence-corrected chi connectivity index (χ2v) is 29.4. The molecule has 0 aromatic rings. The molecule has 0 heterocycles. The maximum Gasteiger partial charge on any atom is 0.472 e. The number of aliphatic hydroxyl groups excluding tert-OH is 1. The van der Waals surface area contributed by atoms with E-state index in [1.807, 2.05) is 0 Å². The summed E-state index contributed by atoms with van der Waals surface area (Å²) in [6.07, 6.45) is 52.7. The Morgan fingerprint density at radius 2 is 0.505 bits per heavy atom. The monoisotopic (exact) mass is 1340 g/mol. The van der Waals surface area contributed by atoms with Crippen LogP contribution in [0.1, 0.15) is 375 Å². The van der Waals surface area contributed by atoms with Gasteiger partial charge in [0.2, 0.25) is 0 Å². The van der Waals surface area contributed by atoms with Crippen LogP contribution in [-0.4, -0.2) is 96.7 Å². The third kappa shape index (κ3) is 66.5. The average molecular weight is 1340 g/mol. The highest BCUT2D eigenvalue weighted by atomic mass is 31.2. The van der Waals surface area contributed by atoms with Crippen LogP contribution in [0.15, 0.2) is 0 Å². The van der Waals surface area contributed by atoms with Crippen molar-refractivity contribution in [1.29, 1.82) is 0 Å². The van der Waals surface area contributed by atoms with E-state index in [4.69, 9.17) is 37.0 Å². The Kier molecular flexibility index (Phi) is 64.0. The highest BCUT2D eigenvalue weighted by molar-refractivity contribution is 7.47. The molecule has 0 amide bonds. The molecule has 0 aliphatic rings. The summed E-state index contributed by atoms with van der Waals surface area (Å²) < 4.78 is 68.3. The highest BCUT2D eigenvalue weighted by Gasteiger charge is 2.30. The third-order valence-electron chi connectivity index (χ3n) is 16.8. The minimum atomic E-state index is -4.95. The number of esters is 4. The number of rotatable bonds is 72. The Morgan fingerprint density at radius 3 is 0.747 bits per heavy atom. The Labute approximate surface area is 556 Å². The van der Waals surface area contributed by atoms with E-state index in [1.54, 1.807) is 0 Å². The van der Waals surface area contributed by atoms with Crippen LogP contribution in [0, 0.1) is 5.92 Å². The van der Waals surface area contributed by atoms with Gasteiger partial charge in [0.15, 0.2) is 12.2 Å². The predicted octanol–water partition coefficient (Wildman–Crippen LogP) is 20.9. The first-order chi connectivity index (χ1) is 44.0. The highest BCUT2D eigenvalue weighted by Crippen LogP contribution is 2.45. The predicted molar refractivity (Wildman–Crippen MR) is 368 cm³/mol. The van der Waals surface area contributed by atoms with Crippen LogP contribution in [0.2, 0.25) is 0 Å². The van der Waals surface area contributed by atoms with Gasteiger partial charge in [-0.05, 0) is 31.6 Å². The summed E-state index contributed by atoms with van der Waals surface area (Å²) >= 11 is 0. The molecular weight excluding hydrogens is 1200 g/mol. The fourth-order valence-corrected chi connectivity index (χ4v) is 12.6. The topological polar surface area (TPSA) is 237 Å². The van der Waals surface area contributed by atoms with Crippen LogP contribution in [0.5, 0.6) is 0 Å². The normalized spacial score (nSPS) is 14.0. The summed E-state index contributed by atoms with van der Waals surface area (Å²) in [6, 6.07) is 0. The van der Waals surface area contributed by atoms with Crippen molar-refractivity contribution >= 4 is 39.5 Å². The van der Waals surface area contributed by atoms with Gasteiger partial charge in [-0.2, -0.15) is 0 Å². The van der Waals surface area contributed by atoms with Crippen molar-refractivity contribution in [1.82, 2.24) is 0 Å². The second kappa shape index (κ2) is 65.4. The molecule has 0 aromatic carbocycles. The standard InChI is InChI=1S/C72H140O17P2/c1-6-9-12-15-18-21-23-25-26-27-28-29-30-32-38-43-48-53-58-72(77)89-68(62-83-70(75)56-51-46-41-36-34-33-35-39-44-49-54-65(4)5)64-87-91(80,81)85-60-66(73)59-84-90(78,79)86-63-67(61-82-69(74)55-50-45-40-20-17-14-11-8-3)88-71(76)57-52-47-42-37-31-24-22-19-16-13-10-7-2/h65-68,73H,6-64H2,1-5H3,(H,78,79)(H,80,81)/t66-,67+,68+/m0/s1. The maximum absolute atomic E-state index is 13.0. The third-order valence-corrected chi connectivity index (χ3v) is 18.7. The summed E-state index contributed by atoms with van der Waals surface area (Å²) in [5.74, 6) is -1.36. The fourth-order valence-electron chi connectivity index (χ4n) is 11.0. The lowest BCUT2D eigenvalue weighted by molar-refractivity contribution is -0.161. The Morgan fingerprint density at radius 1 is 0.297 bits per heavy atom. The van der Waals surface area contributed by atoms with E-state index >= 15 is 0 Å².